The Balaban J connectivity index is 2.40. The monoisotopic (exact) mass is 289 g/mol. The summed E-state index contributed by atoms with van der Waals surface area (Å²) in [6.45, 7) is 7.08. The van der Waals surface area contributed by atoms with Crippen LogP contribution in [0.3, 0.4) is 0 Å². The van der Waals surface area contributed by atoms with Crippen LogP contribution < -0.4 is 5.73 Å². The smallest absolute Gasteiger partial charge is 0.313 e. The average Bonchev–Trinajstić information content (AvgIpc) is 2.85. The lowest BCUT2D eigenvalue weighted by atomic mass is 9.85. The Labute approximate surface area is 125 Å². The number of carbonyl (C=O) groups excluding carboxylic acids is 1. The molecule has 2 rings (SSSR count). The van der Waals surface area contributed by atoms with Gasteiger partial charge in [0.05, 0.1) is 23.2 Å². The fourth-order valence-electron chi connectivity index (χ4n) is 2.47. The third-order valence-electron chi connectivity index (χ3n) is 3.81. The van der Waals surface area contributed by atoms with E-state index in [1.807, 2.05) is 35.9 Å². The van der Waals surface area contributed by atoms with E-state index in [1.165, 1.54) is 0 Å². The third-order valence-corrected chi connectivity index (χ3v) is 3.81. The Hall–Kier alpha value is -1.88. The summed E-state index contributed by atoms with van der Waals surface area (Å²) in [6.07, 6.45) is 0.482. The number of esters is 1. The normalized spacial score (nSPS) is 14.1. The lowest BCUT2D eigenvalue weighted by Gasteiger charge is -2.24. The molecule has 2 aromatic rings. The van der Waals surface area contributed by atoms with Crippen LogP contribution in [-0.4, -0.2) is 28.9 Å². The Morgan fingerprint density at radius 3 is 2.71 bits per heavy atom. The van der Waals surface area contributed by atoms with Gasteiger partial charge in [0.1, 0.15) is 0 Å². The van der Waals surface area contributed by atoms with Gasteiger partial charge in [-0.3, -0.25) is 9.48 Å². The molecule has 0 aliphatic heterocycles. The number of ether oxygens (including phenoxy) is 1. The number of fused-ring (bicyclic) bond motifs is 1. The first-order chi connectivity index (χ1) is 10.1. The molecule has 114 valence electrons. The highest BCUT2D eigenvalue weighted by molar-refractivity contribution is 5.83. The largest absolute Gasteiger partial charge is 0.466 e. The fraction of sp³-hybridized carbons (Fsp3) is 0.500. The maximum absolute atomic E-state index is 12.2. The van der Waals surface area contributed by atoms with Gasteiger partial charge in [-0.15, -0.1) is 0 Å². The minimum absolute atomic E-state index is 0.235. The molecule has 0 saturated heterocycles. The lowest BCUT2D eigenvalue weighted by Crippen LogP contribution is -2.39. The zero-order valence-corrected chi connectivity index (χ0v) is 12.9. The average molecular weight is 289 g/mol. The van der Waals surface area contributed by atoms with E-state index in [0.29, 0.717) is 13.0 Å². The molecular formula is C16H23N3O2. The Bertz CT molecular complexity index is 635. The summed E-state index contributed by atoms with van der Waals surface area (Å²) in [5.74, 6) is -0.261. The van der Waals surface area contributed by atoms with Crippen LogP contribution in [0.5, 0.6) is 0 Å². The van der Waals surface area contributed by atoms with E-state index in [9.17, 15) is 4.79 Å². The zero-order valence-electron chi connectivity index (χ0n) is 12.9. The standard InChI is InChI=1S/C16H23N3O2/c1-4-19-14-9-7-6-8-12(14)13(18-19)10-16(3,11-17)15(20)21-5-2/h6-9H,4-5,10-11,17H2,1-3H3. The minimum Gasteiger partial charge on any atom is -0.466 e. The zero-order chi connectivity index (χ0) is 15.5. The topological polar surface area (TPSA) is 70.1 Å². The molecule has 0 amide bonds. The molecule has 5 heteroatoms. The number of nitrogens with two attached hydrogens (primary N) is 1. The van der Waals surface area contributed by atoms with Gasteiger partial charge < -0.3 is 10.5 Å². The summed E-state index contributed by atoms with van der Waals surface area (Å²) in [7, 11) is 0. The second-order valence-electron chi connectivity index (χ2n) is 5.44. The number of aromatic nitrogens is 2. The van der Waals surface area contributed by atoms with Crippen LogP contribution in [0.1, 0.15) is 26.5 Å². The number of hydrogen-bond donors (Lipinski definition) is 1. The second kappa shape index (κ2) is 6.26. The Morgan fingerprint density at radius 2 is 2.10 bits per heavy atom. The molecule has 0 radical (unpaired) electrons. The SMILES string of the molecule is CCOC(=O)C(C)(CN)Cc1nn(CC)c2ccccc12. The molecule has 1 aromatic heterocycles. The van der Waals surface area contributed by atoms with Crippen LogP contribution in [0.2, 0.25) is 0 Å². The molecule has 0 aliphatic carbocycles. The molecule has 5 nitrogen and oxygen atoms in total. The molecule has 0 saturated carbocycles. The van der Waals surface area contributed by atoms with Gasteiger partial charge >= 0.3 is 5.97 Å². The van der Waals surface area contributed by atoms with Gasteiger partial charge in [0.25, 0.3) is 0 Å². The number of benzene rings is 1. The first-order valence-electron chi connectivity index (χ1n) is 7.37. The minimum atomic E-state index is -0.744. The number of rotatable bonds is 6. The van der Waals surface area contributed by atoms with E-state index >= 15 is 0 Å². The van der Waals surface area contributed by atoms with E-state index in [0.717, 1.165) is 23.1 Å². The maximum atomic E-state index is 12.2. The summed E-state index contributed by atoms with van der Waals surface area (Å²) in [4.78, 5) is 12.2. The molecule has 1 heterocycles. The molecule has 2 N–H and O–H groups in total. The molecule has 21 heavy (non-hydrogen) atoms. The highest BCUT2D eigenvalue weighted by atomic mass is 16.5. The number of para-hydroxylation sites is 1. The number of carbonyl (C=O) groups is 1. The molecule has 0 spiro atoms. The van der Waals surface area contributed by atoms with Crippen molar-refractivity contribution in [2.75, 3.05) is 13.2 Å². The summed E-state index contributed by atoms with van der Waals surface area (Å²) in [5, 5.41) is 5.71. The molecule has 0 fully saturated rings. The predicted molar refractivity (Wildman–Crippen MR) is 82.9 cm³/mol. The van der Waals surface area contributed by atoms with Crippen LogP contribution in [0.4, 0.5) is 0 Å². The van der Waals surface area contributed by atoms with Crippen molar-refractivity contribution < 1.29 is 9.53 Å². The molecule has 1 aromatic carbocycles. The van der Waals surface area contributed by atoms with E-state index in [-0.39, 0.29) is 12.5 Å². The van der Waals surface area contributed by atoms with Crippen LogP contribution in [0.25, 0.3) is 10.9 Å². The van der Waals surface area contributed by atoms with Crippen LogP contribution >= 0.6 is 0 Å². The van der Waals surface area contributed by atoms with Crippen molar-refractivity contribution in [1.82, 2.24) is 9.78 Å². The lowest BCUT2D eigenvalue weighted by molar-refractivity contribution is -0.153. The summed E-state index contributed by atoms with van der Waals surface area (Å²) in [6, 6.07) is 8.05. The highest BCUT2D eigenvalue weighted by Gasteiger charge is 2.35. The third kappa shape index (κ3) is 2.93. The van der Waals surface area contributed by atoms with Gasteiger partial charge in [-0.1, -0.05) is 18.2 Å². The van der Waals surface area contributed by atoms with Crippen LogP contribution in [-0.2, 0) is 22.5 Å². The van der Waals surface area contributed by atoms with Gasteiger partial charge in [0.2, 0.25) is 0 Å². The first kappa shape index (κ1) is 15.5. The Kier molecular flexibility index (Phi) is 4.63. The van der Waals surface area contributed by atoms with Crippen LogP contribution in [0.15, 0.2) is 24.3 Å². The number of hydrogen-bond acceptors (Lipinski definition) is 4. The molecule has 1 atom stereocenters. The van der Waals surface area contributed by atoms with Gasteiger partial charge in [-0.25, -0.2) is 0 Å². The quantitative estimate of drug-likeness (QED) is 0.827. The van der Waals surface area contributed by atoms with Gasteiger partial charge in [0.15, 0.2) is 0 Å². The fourth-order valence-corrected chi connectivity index (χ4v) is 2.47. The summed E-state index contributed by atoms with van der Waals surface area (Å²) in [5.41, 5.74) is 7.07. The van der Waals surface area contributed by atoms with Crippen molar-refractivity contribution in [2.45, 2.75) is 33.7 Å². The molecular weight excluding hydrogens is 266 g/mol. The van der Waals surface area contributed by atoms with Gasteiger partial charge in [-0.2, -0.15) is 5.10 Å². The summed E-state index contributed by atoms with van der Waals surface area (Å²) < 4.78 is 7.11. The Morgan fingerprint density at radius 1 is 1.38 bits per heavy atom. The van der Waals surface area contributed by atoms with Crippen molar-refractivity contribution >= 4 is 16.9 Å². The van der Waals surface area contributed by atoms with Crippen molar-refractivity contribution in [3.8, 4) is 0 Å². The highest BCUT2D eigenvalue weighted by Crippen LogP contribution is 2.27. The number of nitrogens with zero attached hydrogens (tertiary/aromatic N) is 2. The maximum Gasteiger partial charge on any atom is 0.313 e. The predicted octanol–water partition coefficient (Wildman–Crippen LogP) is 2.13. The van der Waals surface area contributed by atoms with Crippen molar-refractivity contribution in [3.05, 3.63) is 30.0 Å². The van der Waals surface area contributed by atoms with Crippen molar-refractivity contribution in [2.24, 2.45) is 11.1 Å². The van der Waals surface area contributed by atoms with E-state index in [1.54, 1.807) is 6.92 Å². The summed E-state index contributed by atoms with van der Waals surface area (Å²) >= 11 is 0. The van der Waals surface area contributed by atoms with Gasteiger partial charge in [-0.05, 0) is 26.8 Å². The van der Waals surface area contributed by atoms with Gasteiger partial charge in [0, 0.05) is 24.9 Å². The van der Waals surface area contributed by atoms with Crippen LogP contribution in [0, 0.1) is 5.41 Å². The number of aryl methyl sites for hydroxylation is 1. The molecule has 0 aliphatic rings. The molecule has 0 bridgehead atoms. The van der Waals surface area contributed by atoms with E-state index in [2.05, 4.69) is 12.0 Å². The first-order valence-corrected chi connectivity index (χ1v) is 7.37. The molecule has 1 unspecified atom stereocenters. The van der Waals surface area contributed by atoms with Crippen molar-refractivity contribution in [1.29, 1.82) is 0 Å². The van der Waals surface area contributed by atoms with E-state index < -0.39 is 5.41 Å². The second-order valence-corrected chi connectivity index (χ2v) is 5.44. The van der Waals surface area contributed by atoms with Crippen molar-refractivity contribution in [3.63, 3.8) is 0 Å². The van der Waals surface area contributed by atoms with E-state index in [4.69, 9.17) is 10.5 Å².